The Bertz CT molecular complexity index is 548. The highest BCUT2D eigenvalue weighted by molar-refractivity contribution is 7.58. The molecular weight excluding hydrogens is 291 g/mol. The highest BCUT2D eigenvalue weighted by Crippen LogP contribution is 2.58. The van der Waals surface area contributed by atoms with Crippen LogP contribution in [-0.2, 0) is 4.57 Å². The summed E-state index contributed by atoms with van der Waals surface area (Å²) in [4.78, 5) is 20.8. The Labute approximate surface area is 125 Å². The molecule has 0 aliphatic carbocycles. The third kappa shape index (κ3) is 4.29. The molecule has 0 radical (unpaired) electrons. The van der Waals surface area contributed by atoms with Gasteiger partial charge in [0, 0.05) is 19.3 Å². The maximum Gasteiger partial charge on any atom is 0.292 e. The van der Waals surface area contributed by atoms with E-state index in [1.54, 1.807) is 26.1 Å². The van der Waals surface area contributed by atoms with E-state index in [1.807, 2.05) is 6.92 Å². The molecule has 1 aromatic rings. The molecule has 0 aliphatic heterocycles. The van der Waals surface area contributed by atoms with Gasteiger partial charge in [0.1, 0.15) is 5.69 Å². The first-order valence-corrected chi connectivity index (χ1v) is 9.06. The van der Waals surface area contributed by atoms with Crippen LogP contribution in [0.5, 0.6) is 0 Å². The fourth-order valence-electron chi connectivity index (χ4n) is 2.34. The average molecular weight is 314 g/mol. The standard InChI is InChI=1S/C14H23N2O4P/c1-4-6-7-14(21(19,20)5-2)11-8-9-12(15-3)13(10-11)16(17)18/h8-10,14-15H,4-7H2,1-3H3,(H,19,20). The fraction of sp³-hybridized carbons (Fsp3) is 0.571. The van der Waals surface area contributed by atoms with E-state index < -0.39 is 18.0 Å². The van der Waals surface area contributed by atoms with Gasteiger partial charge in [-0.25, -0.2) is 0 Å². The lowest BCUT2D eigenvalue weighted by atomic mass is 10.1. The van der Waals surface area contributed by atoms with Crippen molar-refractivity contribution in [1.82, 2.24) is 0 Å². The molecule has 118 valence electrons. The van der Waals surface area contributed by atoms with E-state index >= 15 is 0 Å². The van der Waals surface area contributed by atoms with Gasteiger partial charge >= 0.3 is 0 Å². The Morgan fingerprint density at radius 1 is 1.43 bits per heavy atom. The molecule has 0 bridgehead atoms. The highest BCUT2D eigenvalue weighted by Gasteiger charge is 2.31. The topological polar surface area (TPSA) is 92.5 Å². The first-order valence-electron chi connectivity index (χ1n) is 7.14. The van der Waals surface area contributed by atoms with Gasteiger partial charge in [0.15, 0.2) is 0 Å². The molecule has 0 amide bonds. The summed E-state index contributed by atoms with van der Waals surface area (Å²) < 4.78 is 12.4. The summed E-state index contributed by atoms with van der Waals surface area (Å²) in [7, 11) is -1.74. The van der Waals surface area contributed by atoms with Crippen LogP contribution in [0.3, 0.4) is 0 Å². The number of anilines is 1. The van der Waals surface area contributed by atoms with Crippen LogP contribution in [0.25, 0.3) is 0 Å². The number of rotatable bonds is 8. The number of nitrogens with one attached hydrogen (secondary N) is 1. The van der Waals surface area contributed by atoms with E-state index in [1.165, 1.54) is 6.07 Å². The molecule has 0 heterocycles. The number of nitro groups is 1. The molecule has 0 saturated carbocycles. The minimum Gasteiger partial charge on any atom is -0.383 e. The highest BCUT2D eigenvalue weighted by atomic mass is 31.2. The van der Waals surface area contributed by atoms with Gasteiger partial charge in [-0.1, -0.05) is 32.8 Å². The van der Waals surface area contributed by atoms with Crippen LogP contribution in [0.15, 0.2) is 18.2 Å². The normalized spacial score (nSPS) is 15.2. The quantitative estimate of drug-likeness (QED) is 0.427. The van der Waals surface area contributed by atoms with Crippen LogP contribution in [0.2, 0.25) is 0 Å². The van der Waals surface area contributed by atoms with Crippen molar-refractivity contribution >= 4 is 18.7 Å². The number of hydrogen-bond donors (Lipinski definition) is 2. The van der Waals surface area contributed by atoms with Crippen molar-refractivity contribution in [3.63, 3.8) is 0 Å². The monoisotopic (exact) mass is 314 g/mol. The zero-order chi connectivity index (χ0) is 16.0. The van der Waals surface area contributed by atoms with Crippen LogP contribution in [0.4, 0.5) is 11.4 Å². The number of benzene rings is 1. The maximum absolute atomic E-state index is 12.4. The van der Waals surface area contributed by atoms with Gasteiger partial charge in [-0.05, 0) is 18.1 Å². The van der Waals surface area contributed by atoms with E-state index in [-0.39, 0.29) is 11.8 Å². The van der Waals surface area contributed by atoms with Crippen molar-refractivity contribution in [2.45, 2.75) is 38.8 Å². The molecule has 0 spiro atoms. The predicted molar refractivity (Wildman–Crippen MR) is 85.3 cm³/mol. The smallest absolute Gasteiger partial charge is 0.292 e. The number of unbranched alkanes of at least 4 members (excludes halogenated alkanes) is 1. The Morgan fingerprint density at radius 2 is 2.10 bits per heavy atom. The van der Waals surface area contributed by atoms with E-state index in [0.717, 1.165) is 12.8 Å². The Morgan fingerprint density at radius 3 is 2.57 bits per heavy atom. The Kier molecular flexibility index (Phi) is 6.37. The lowest BCUT2D eigenvalue weighted by Crippen LogP contribution is -2.05. The Hall–Kier alpha value is -1.39. The van der Waals surface area contributed by atoms with Gasteiger partial charge in [0.05, 0.1) is 10.6 Å². The second-order valence-electron chi connectivity index (χ2n) is 5.01. The number of nitrogens with zero attached hydrogens (tertiary/aromatic N) is 1. The van der Waals surface area contributed by atoms with Crippen LogP contribution >= 0.6 is 7.37 Å². The fourth-order valence-corrected chi connectivity index (χ4v) is 3.99. The molecule has 0 fully saturated rings. The molecule has 0 aromatic heterocycles. The van der Waals surface area contributed by atoms with Crippen molar-refractivity contribution in [3.8, 4) is 0 Å². The lowest BCUT2D eigenvalue weighted by Gasteiger charge is -2.22. The summed E-state index contributed by atoms with van der Waals surface area (Å²) in [5.74, 6) is 0. The average Bonchev–Trinajstić information content (AvgIpc) is 2.47. The molecule has 6 nitrogen and oxygen atoms in total. The van der Waals surface area contributed by atoms with Crippen LogP contribution in [0, 0.1) is 10.1 Å². The summed E-state index contributed by atoms with van der Waals surface area (Å²) >= 11 is 0. The first-order chi connectivity index (χ1) is 9.87. The molecule has 0 aliphatic rings. The Balaban J connectivity index is 3.28. The van der Waals surface area contributed by atoms with Crippen molar-refractivity contribution in [3.05, 3.63) is 33.9 Å². The van der Waals surface area contributed by atoms with E-state index in [9.17, 15) is 19.6 Å². The molecular formula is C14H23N2O4P. The molecule has 7 heteroatoms. The van der Waals surface area contributed by atoms with Gasteiger partial charge in [-0.2, -0.15) is 0 Å². The number of nitro benzene ring substituents is 1. The largest absolute Gasteiger partial charge is 0.383 e. The summed E-state index contributed by atoms with van der Waals surface area (Å²) in [6.07, 6.45) is 2.46. The second kappa shape index (κ2) is 7.57. The first kappa shape index (κ1) is 17.7. The third-order valence-corrected chi connectivity index (χ3v) is 6.08. The summed E-state index contributed by atoms with van der Waals surface area (Å²) in [5.41, 5.74) is 0.378. The molecule has 1 rings (SSSR count). The van der Waals surface area contributed by atoms with Crippen molar-refractivity contribution in [1.29, 1.82) is 0 Å². The minimum atomic E-state index is -3.35. The molecule has 2 unspecified atom stereocenters. The van der Waals surface area contributed by atoms with Crippen molar-refractivity contribution in [2.24, 2.45) is 0 Å². The zero-order valence-electron chi connectivity index (χ0n) is 12.7. The van der Waals surface area contributed by atoms with E-state index in [0.29, 0.717) is 17.7 Å². The van der Waals surface area contributed by atoms with Crippen LogP contribution < -0.4 is 5.32 Å². The van der Waals surface area contributed by atoms with Gasteiger partial charge in [-0.15, -0.1) is 0 Å². The lowest BCUT2D eigenvalue weighted by molar-refractivity contribution is -0.384. The summed E-state index contributed by atoms with van der Waals surface area (Å²) in [6, 6.07) is 4.73. The summed E-state index contributed by atoms with van der Waals surface area (Å²) in [5, 5.41) is 13.9. The zero-order valence-corrected chi connectivity index (χ0v) is 13.6. The van der Waals surface area contributed by atoms with Gasteiger partial charge in [0.2, 0.25) is 7.37 Å². The molecule has 21 heavy (non-hydrogen) atoms. The van der Waals surface area contributed by atoms with Crippen LogP contribution in [0.1, 0.15) is 44.3 Å². The van der Waals surface area contributed by atoms with Gasteiger partial charge < -0.3 is 10.2 Å². The SMILES string of the molecule is CCCCC(c1ccc(NC)c([N+](=O)[O-])c1)P(=O)(O)CC. The molecule has 1 aromatic carbocycles. The van der Waals surface area contributed by atoms with E-state index in [2.05, 4.69) is 5.32 Å². The summed E-state index contributed by atoms with van der Waals surface area (Å²) in [6.45, 7) is 3.69. The molecule has 0 saturated heterocycles. The predicted octanol–water partition coefficient (Wildman–Crippen LogP) is 4.16. The van der Waals surface area contributed by atoms with Gasteiger partial charge in [-0.3, -0.25) is 14.7 Å². The second-order valence-corrected chi connectivity index (χ2v) is 7.78. The molecule has 2 atom stereocenters. The van der Waals surface area contributed by atoms with Crippen molar-refractivity contribution in [2.75, 3.05) is 18.5 Å². The van der Waals surface area contributed by atoms with Crippen molar-refractivity contribution < 1.29 is 14.4 Å². The minimum absolute atomic E-state index is 0.0624. The van der Waals surface area contributed by atoms with Gasteiger partial charge in [0.25, 0.3) is 5.69 Å². The van der Waals surface area contributed by atoms with Crippen LogP contribution in [-0.4, -0.2) is 23.0 Å². The number of hydrogen-bond acceptors (Lipinski definition) is 4. The van der Waals surface area contributed by atoms with E-state index in [4.69, 9.17) is 0 Å². The molecule has 2 N–H and O–H groups in total. The maximum atomic E-state index is 12.4. The third-order valence-electron chi connectivity index (χ3n) is 3.64.